The molecule has 0 unspecified atom stereocenters. The second-order valence-corrected chi connectivity index (χ2v) is 5.27. The van der Waals surface area contributed by atoms with Gasteiger partial charge in [-0.25, -0.2) is 0 Å². The van der Waals surface area contributed by atoms with E-state index >= 15 is 0 Å². The monoisotopic (exact) mass is 262 g/mol. The predicted octanol–water partition coefficient (Wildman–Crippen LogP) is 3.35. The van der Waals surface area contributed by atoms with Gasteiger partial charge in [-0.05, 0) is 26.0 Å². The molecule has 1 heterocycles. The fourth-order valence-corrected chi connectivity index (χ4v) is 2.54. The van der Waals surface area contributed by atoms with Gasteiger partial charge < -0.3 is 10.1 Å². The van der Waals surface area contributed by atoms with Gasteiger partial charge in [0.2, 0.25) is 0 Å². The number of ether oxygens (including phenoxy) is 1. The standard InChI is InChI=1S/C14H18N2OS/c1-10-11(2)18-16(10)9-14(15-3)12-6-5-7-13(8-12)17-4/h5-9,15H,1-4H3/b14-9-. The summed E-state index contributed by atoms with van der Waals surface area (Å²) in [6.07, 6.45) is 2.11. The average molecular weight is 262 g/mol. The van der Waals surface area contributed by atoms with E-state index in [1.54, 1.807) is 18.6 Å². The van der Waals surface area contributed by atoms with Crippen LogP contribution in [0.4, 0.5) is 0 Å². The molecule has 96 valence electrons. The zero-order valence-electron chi connectivity index (χ0n) is 11.2. The Morgan fingerprint density at radius 1 is 1.39 bits per heavy atom. The molecule has 2 rings (SSSR count). The number of nitrogens with zero attached hydrogens (tertiary/aromatic N) is 1. The number of nitrogens with one attached hydrogen (secondary N) is 1. The van der Waals surface area contributed by atoms with Crippen molar-refractivity contribution in [2.24, 2.45) is 0 Å². The number of benzene rings is 1. The lowest BCUT2D eigenvalue weighted by Crippen LogP contribution is -2.08. The van der Waals surface area contributed by atoms with Gasteiger partial charge in [0, 0.05) is 29.4 Å². The first-order chi connectivity index (χ1) is 8.65. The minimum Gasteiger partial charge on any atom is -0.497 e. The number of hydrogen-bond donors (Lipinski definition) is 1. The van der Waals surface area contributed by atoms with Gasteiger partial charge in [-0.1, -0.05) is 23.7 Å². The molecule has 1 N–H and O–H groups in total. The lowest BCUT2D eigenvalue weighted by molar-refractivity contribution is 0.414. The van der Waals surface area contributed by atoms with Crippen LogP contribution in [0.3, 0.4) is 0 Å². The van der Waals surface area contributed by atoms with Gasteiger partial charge in [-0.15, -0.1) is 0 Å². The zero-order valence-corrected chi connectivity index (χ0v) is 12.0. The van der Waals surface area contributed by atoms with Crippen molar-refractivity contribution in [1.29, 1.82) is 0 Å². The quantitative estimate of drug-likeness (QED) is 0.914. The van der Waals surface area contributed by atoms with Gasteiger partial charge >= 0.3 is 0 Å². The van der Waals surface area contributed by atoms with Crippen LogP contribution in [0.1, 0.15) is 16.1 Å². The van der Waals surface area contributed by atoms with Crippen LogP contribution >= 0.6 is 11.5 Å². The van der Waals surface area contributed by atoms with E-state index < -0.39 is 0 Å². The summed E-state index contributed by atoms with van der Waals surface area (Å²) in [6.45, 7) is 4.26. The van der Waals surface area contributed by atoms with E-state index in [1.807, 2.05) is 25.2 Å². The number of aryl methyl sites for hydroxylation is 1. The third-order valence-corrected chi connectivity index (χ3v) is 4.12. The molecule has 0 saturated heterocycles. The summed E-state index contributed by atoms with van der Waals surface area (Å²) in [5.74, 6) is 0.869. The van der Waals surface area contributed by atoms with E-state index in [4.69, 9.17) is 4.74 Å². The summed E-state index contributed by atoms with van der Waals surface area (Å²) < 4.78 is 7.42. The van der Waals surface area contributed by atoms with Gasteiger partial charge in [-0.2, -0.15) is 0 Å². The third-order valence-electron chi connectivity index (χ3n) is 2.97. The second-order valence-electron chi connectivity index (χ2n) is 4.08. The minimum absolute atomic E-state index is 0.869. The molecule has 2 aromatic rings. The maximum atomic E-state index is 5.25. The van der Waals surface area contributed by atoms with E-state index in [0.717, 1.165) is 17.0 Å². The number of methoxy groups -OCH3 is 1. The molecule has 0 saturated carbocycles. The summed E-state index contributed by atoms with van der Waals surface area (Å²) in [7, 11) is 3.62. The van der Waals surface area contributed by atoms with Gasteiger partial charge in [0.05, 0.1) is 12.8 Å². The molecule has 0 aliphatic rings. The topological polar surface area (TPSA) is 26.2 Å². The van der Waals surface area contributed by atoms with Crippen LogP contribution in [-0.4, -0.2) is 18.1 Å². The van der Waals surface area contributed by atoms with Gasteiger partial charge in [0.15, 0.2) is 0 Å². The Morgan fingerprint density at radius 2 is 2.17 bits per heavy atom. The van der Waals surface area contributed by atoms with Crippen LogP contribution < -0.4 is 10.1 Å². The maximum absolute atomic E-state index is 5.25. The van der Waals surface area contributed by atoms with Crippen molar-refractivity contribution in [2.75, 3.05) is 14.2 Å². The molecule has 0 aliphatic carbocycles. The fraction of sp³-hybridized carbons (Fsp3) is 0.286. The fourth-order valence-electron chi connectivity index (χ4n) is 1.71. The molecular formula is C14H18N2OS. The molecule has 0 amide bonds. The Kier molecular flexibility index (Phi) is 3.77. The number of aromatic nitrogens is 1. The first-order valence-corrected chi connectivity index (χ1v) is 6.61. The van der Waals surface area contributed by atoms with E-state index in [2.05, 4.69) is 35.4 Å². The summed E-state index contributed by atoms with van der Waals surface area (Å²) in [5, 5.41) is 3.23. The highest BCUT2D eigenvalue weighted by atomic mass is 32.1. The average Bonchev–Trinajstić information content (AvgIpc) is 2.43. The molecule has 4 heteroatoms. The van der Waals surface area contributed by atoms with Crippen molar-refractivity contribution in [2.45, 2.75) is 13.8 Å². The van der Waals surface area contributed by atoms with E-state index in [1.165, 1.54) is 10.6 Å². The highest BCUT2D eigenvalue weighted by Gasteiger charge is 2.06. The summed E-state index contributed by atoms with van der Waals surface area (Å²) >= 11 is 1.75. The molecule has 0 aliphatic heterocycles. The molecular weight excluding hydrogens is 244 g/mol. The van der Waals surface area contributed by atoms with Crippen molar-refractivity contribution in [3.05, 3.63) is 40.4 Å². The summed E-state index contributed by atoms with van der Waals surface area (Å²) in [4.78, 5) is 1.37. The largest absolute Gasteiger partial charge is 0.497 e. The smallest absolute Gasteiger partial charge is 0.119 e. The first-order valence-electron chi connectivity index (χ1n) is 5.84. The number of rotatable bonds is 4. The van der Waals surface area contributed by atoms with Crippen molar-refractivity contribution in [3.63, 3.8) is 0 Å². The predicted molar refractivity (Wildman–Crippen MR) is 78.0 cm³/mol. The minimum atomic E-state index is 0.869. The molecule has 0 fully saturated rings. The van der Waals surface area contributed by atoms with Crippen LogP contribution in [-0.2, 0) is 0 Å². The summed E-state index contributed by atoms with van der Waals surface area (Å²) in [5.41, 5.74) is 3.50. The zero-order chi connectivity index (χ0) is 13.1. The first kappa shape index (κ1) is 12.8. The van der Waals surface area contributed by atoms with E-state index in [-0.39, 0.29) is 0 Å². The molecule has 1 aromatic carbocycles. The van der Waals surface area contributed by atoms with Crippen LogP contribution in [0.25, 0.3) is 11.9 Å². The lowest BCUT2D eigenvalue weighted by atomic mass is 10.1. The van der Waals surface area contributed by atoms with Gasteiger partial charge in [0.1, 0.15) is 5.75 Å². The Hall–Kier alpha value is -1.68. The molecule has 0 bridgehead atoms. The van der Waals surface area contributed by atoms with E-state index in [0.29, 0.717) is 0 Å². The molecule has 3 nitrogen and oxygen atoms in total. The van der Waals surface area contributed by atoms with Gasteiger partial charge in [0.25, 0.3) is 0 Å². The van der Waals surface area contributed by atoms with Crippen molar-refractivity contribution < 1.29 is 4.74 Å². The van der Waals surface area contributed by atoms with Crippen LogP contribution in [0.15, 0.2) is 24.3 Å². The van der Waals surface area contributed by atoms with Gasteiger partial charge in [-0.3, -0.25) is 3.96 Å². The molecule has 0 atom stereocenters. The van der Waals surface area contributed by atoms with Crippen LogP contribution in [0.2, 0.25) is 0 Å². The highest BCUT2D eigenvalue weighted by molar-refractivity contribution is 7.08. The Bertz CT molecular complexity index is 566. The Morgan fingerprint density at radius 3 is 2.72 bits per heavy atom. The summed E-state index contributed by atoms with van der Waals surface area (Å²) in [6, 6.07) is 8.04. The third kappa shape index (κ3) is 2.43. The lowest BCUT2D eigenvalue weighted by Gasteiger charge is -2.15. The molecule has 0 spiro atoms. The SMILES string of the molecule is CN/C(=C\n1sc(C)c1C)c1cccc(OC)c1. The van der Waals surface area contributed by atoms with Crippen molar-refractivity contribution in [3.8, 4) is 5.75 Å². The molecule has 1 aromatic heterocycles. The van der Waals surface area contributed by atoms with Crippen molar-refractivity contribution in [1.82, 2.24) is 9.27 Å². The van der Waals surface area contributed by atoms with Crippen LogP contribution in [0, 0.1) is 13.8 Å². The Balaban J connectivity index is 2.34. The molecule has 0 radical (unpaired) electrons. The Labute approximate surface area is 112 Å². The second kappa shape index (κ2) is 5.31. The van der Waals surface area contributed by atoms with E-state index in [9.17, 15) is 0 Å². The number of hydrogen-bond acceptors (Lipinski definition) is 3. The maximum Gasteiger partial charge on any atom is 0.119 e. The van der Waals surface area contributed by atoms with Crippen LogP contribution in [0.5, 0.6) is 5.75 Å². The van der Waals surface area contributed by atoms with Crippen molar-refractivity contribution >= 4 is 23.4 Å². The highest BCUT2D eigenvalue weighted by Crippen LogP contribution is 2.24. The normalized spacial score (nSPS) is 11.7. The molecule has 18 heavy (non-hydrogen) atoms.